The van der Waals surface area contributed by atoms with Gasteiger partial charge in [-0.25, -0.2) is 4.39 Å². The first-order valence-corrected chi connectivity index (χ1v) is 6.53. The summed E-state index contributed by atoms with van der Waals surface area (Å²) in [4.78, 5) is 0. The molecule has 1 aromatic carbocycles. The van der Waals surface area contributed by atoms with Crippen LogP contribution in [0.25, 0.3) is 0 Å². The van der Waals surface area contributed by atoms with E-state index in [0.29, 0.717) is 24.5 Å². The van der Waals surface area contributed by atoms with Crippen LogP contribution in [0.15, 0.2) is 18.2 Å². The average molecular weight is 264 g/mol. The van der Waals surface area contributed by atoms with Gasteiger partial charge in [0.05, 0.1) is 19.3 Å². The first-order chi connectivity index (χ1) is 9.02. The molecular weight excluding hydrogens is 243 g/mol. The number of ether oxygens (including phenoxy) is 1. The van der Waals surface area contributed by atoms with E-state index in [1.165, 1.54) is 12.1 Å². The van der Waals surface area contributed by atoms with Crippen molar-refractivity contribution in [3.05, 3.63) is 35.1 Å². The number of hydrogen-bond donors (Lipinski definition) is 1. The van der Waals surface area contributed by atoms with Crippen molar-refractivity contribution in [3.8, 4) is 11.8 Å². The maximum absolute atomic E-state index is 13.4. The lowest BCUT2D eigenvalue weighted by atomic mass is 10.1. The van der Waals surface area contributed by atoms with Crippen LogP contribution >= 0.6 is 0 Å². The van der Waals surface area contributed by atoms with Crippen LogP contribution in [0.2, 0.25) is 0 Å². The monoisotopic (exact) mass is 264 g/mol. The van der Waals surface area contributed by atoms with Gasteiger partial charge in [0.2, 0.25) is 0 Å². The fraction of sp³-hybridized carbons (Fsp3) is 0.500. The molecule has 0 aliphatic rings. The van der Waals surface area contributed by atoms with E-state index in [0.717, 1.165) is 5.56 Å². The van der Waals surface area contributed by atoms with Crippen molar-refractivity contribution in [2.45, 2.75) is 39.9 Å². The summed E-state index contributed by atoms with van der Waals surface area (Å²) in [5.74, 6) is 5.73. The quantitative estimate of drug-likeness (QED) is 0.828. The molecule has 2 nitrogen and oxygen atoms in total. The molecule has 1 aromatic rings. The van der Waals surface area contributed by atoms with Crippen LogP contribution < -0.4 is 0 Å². The molecule has 0 saturated heterocycles. The van der Waals surface area contributed by atoms with E-state index in [-0.39, 0.29) is 18.5 Å². The second kappa shape index (κ2) is 7.93. The maximum Gasteiger partial charge on any atom is 0.124 e. The molecule has 0 amide bonds. The Labute approximate surface area is 114 Å². The van der Waals surface area contributed by atoms with E-state index in [1.807, 2.05) is 13.0 Å². The predicted molar refractivity (Wildman–Crippen MR) is 74.1 cm³/mol. The maximum atomic E-state index is 13.4. The molecule has 0 spiro atoms. The smallest absolute Gasteiger partial charge is 0.124 e. The van der Waals surface area contributed by atoms with Gasteiger partial charge >= 0.3 is 0 Å². The molecule has 0 aromatic heterocycles. The molecule has 1 atom stereocenters. The van der Waals surface area contributed by atoms with Gasteiger partial charge < -0.3 is 9.84 Å². The highest BCUT2D eigenvalue weighted by Gasteiger charge is 2.08. The molecule has 0 fully saturated rings. The number of benzene rings is 1. The third kappa shape index (κ3) is 5.87. The highest BCUT2D eigenvalue weighted by Crippen LogP contribution is 2.13. The van der Waals surface area contributed by atoms with Crippen LogP contribution in [0.1, 0.15) is 38.3 Å². The zero-order valence-electron chi connectivity index (χ0n) is 11.7. The van der Waals surface area contributed by atoms with Crippen molar-refractivity contribution < 1.29 is 14.2 Å². The van der Waals surface area contributed by atoms with Gasteiger partial charge in [0.25, 0.3) is 0 Å². The van der Waals surface area contributed by atoms with E-state index >= 15 is 0 Å². The molecule has 1 rings (SSSR count). The zero-order chi connectivity index (χ0) is 14.3. The van der Waals surface area contributed by atoms with E-state index in [2.05, 4.69) is 25.7 Å². The Morgan fingerprint density at radius 3 is 2.63 bits per heavy atom. The molecule has 0 aliphatic carbocycles. The van der Waals surface area contributed by atoms with Crippen molar-refractivity contribution >= 4 is 0 Å². The van der Waals surface area contributed by atoms with Crippen LogP contribution in [-0.4, -0.2) is 17.8 Å². The Morgan fingerprint density at radius 2 is 2.00 bits per heavy atom. The van der Waals surface area contributed by atoms with Gasteiger partial charge in [0.15, 0.2) is 0 Å². The van der Waals surface area contributed by atoms with Crippen LogP contribution in [0.5, 0.6) is 0 Å². The lowest BCUT2D eigenvalue weighted by Gasteiger charge is -2.16. The topological polar surface area (TPSA) is 29.5 Å². The summed E-state index contributed by atoms with van der Waals surface area (Å²) in [5, 5.41) is 8.65. The summed E-state index contributed by atoms with van der Waals surface area (Å²) in [6.45, 7) is 6.58. The third-order valence-corrected chi connectivity index (χ3v) is 2.88. The minimum Gasteiger partial charge on any atom is -0.395 e. The van der Waals surface area contributed by atoms with Gasteiger partial charge in [-0.2, -0.15) is 0 Å². The first-order valence-electron chi connectivity index (χ1n) is 6.53. The Kier molecular flexibility index (Phi) is 6.55. The number of halogens is 1. The number of rotatable bonds is 5. The normalized spacial score (nSPS) is 12.1. The second-order valence-corrected chi connectivity index (χ2v) is 4.88. The molecule has 0 bridgehead atoms. The van der Waals surface area contributed by atoms with E-state index in [9.17, 15) is 4.39 Å². The minimum absolute atomic E-state index is 0.0180. The SMILES string of the molecule is CC(C)C(C)OCc1cc(F)cc(C#CCCO)c1. The van der Waals surface area contributed by atoms with E-state index in [4.69, 9.17) is 9.84 Å². The summed E-state index contributed by atoms with van der Waals surface area (Å²) in [6, 6.07) is 4.67. The summed E-state index contributed by atoms with van der Waals surface area (Å²) < 4.78 is 19.1. The Hall–Kier alpha value is -1.37. The van der Waals surface area contributed by atoms with Crippen molar-refractivity contribution in [1.29, 1.82) is 0 Å². The fourth-order valence-corrected chi connectivity index (χ4v) is 1.45. The van der Waals surface area contributed by atoms with Gasteiger partial charge in [0, 0.05) is 12.0 Å². The molecule has 104 valence electrons. The molecule has 0 aliphatic heterocycles. The van der Waals surface area contributed by atoms with Crippen molar-refractivity contribution in [3.63, 3.8) is 0 Å². The first kappa shape index (κ1) is 15.7. The molecular formula is C16H21FO2. The summed E-state index contributed by atoms with van der Waals surface area (Å²) in [5.41, 5.74) is 1.39. The average Bonchev–Trinajstić information content (AvgIpc) is 2.35. The molecule has 0 radical (unpaired) electrons. The van der Waals surface area contributed by atoms with Crippen molar-refractivity contribution in [1.82, 2.24) is 0 Å². The number of aliphatic hydroxyl groups is 1. The summed E-state index contributed by atoms with van der Waals surface area (Å²) in [6.07, 6.45) is 0.527. The largest absolute Gasteiger partial charge is 0.395 e. The predicted octanol–water partition coefficient (Wildman–Crippen LogP) is 3.12. The van der Waals surface area contributed by atoms with Crippen molar-refractivity contribution in [2.75, 3.05) is 6.61 Å². The molecule has 0 saturated carbocycles. The molecule has 3 heteroatoms. The molecule has 19 heavy (non-hydrogen) atoms. The lowest BCUT2D eigenvalue weighted by molar-refractivity contribution is 0.0234. The highest BCUT2D eigenvalue weighted by molar-refractivity contribution is 5.37. The fourth-order valence-electron chi connectivity index (χ4n) is 1.45. The standard InChI is InChI=1S/C16H21FO2/c1-12(2)13(3)19-11-15-8-14(6-4-5-7-18)9-16(17)10-15/h8-10,12-13,18H,5,7,11H2,1-3H3. The Balaban J connectivity index is 2.72. The highest BCUT2D eigenvalue weighted by atomic mass is 19.1. The van der Waals surface area contributed by atoms with Gasteiger partial charge in [-0.05, 0) is 36.6 Å². The molecule has 1 N–H and O–H groups in total. The number of aliphatic hydroxyl groups excluding tert-OH is 1. The van der Waals surface area contributed by atoms with Crippen LogP contribution in [0.4, 0.5) is 4.39 Å². The van der Waals surface area contributed by atoms with Gasteiger partial charge in [-0.3, -0.25) is 0 Å². The van der Waals surface area contributed by atoms with E-state index in [1.54, 1.807) is 0 Å². The Morgan fingerprint density at radius 1 is 1.26 bits per heavy atom. The van der Waals surface area contributed by atoms with Crippen LogP contribution in [0, 0.1) is 23.6 Å². The summed E-state index contributed by atoms with van der Waals surface area (Å²) in [7, 11) is 0. The minimum atomic E-state index is -0.313. The van der Waals surface area contributed by atoms with Gasteiger partial charge in [-0.1, -0.05) is 25.7 Å². The molecule has 1 unspecified atom stereocenters. The van der Waals surface area contributed by atoms with Gasteiger partial charge in [0.1, 0.15) is 5.82 Å². The van der Waals surface area contributed by atoms with E-state index < -0.39 is 0 Å². The van der Waals surface area contributed by atoms with Crippen molar-refractivity contribution in [2.24, 2.45) is 5.92 Å². The summed E-state index contributed by atoms with van der Waals surface area (Å²) >= 11 is 0. The third-order valence-electron chi connectivity index (χ3n) is 2.88. The number of hydrogen-bond acceptors (Lipinski definition) is 2. The molecule has 0 heterocycles. The lowest BCUT2D eigenvalue weighted by Crippen LogP contribution is -2.15. The zero-order valence-corrected chi connectivity index (χ0v) is 11.7. The Bertz CT molecular complexity index is 458. The van der Waals surface area contributed by atoms with Crippen LogP contribution in [-0.2, 0) is 11.3 Å². The second-order valence-electron chi connectivity index (χ2n) is 4.88. The van der Waals surface area contributed by atoms with Crippen LogP contribution in [0.3, 0.4) is 0 Å². The van der Waals surface area contributed by atoms with Gasteiger partial charge in [-0.15, -0.1) is 0 Å².